The number of rotatable bonds is 6. The van der Waals surface area contributed by atoms with Gasteiger partial charge in [0.15, 0.2) is 0 Å². The number of urea groups is 1. The van der Waals surface area contributed by atoms with E-state index in [-0.39, 0.29) is 12.1 Å². The molecule has 0 radical (unpaired) electrons. The fourth-order valence-electron chi connectivity index (χ4n) is 3.92. The van der Waals surface area contributed by atoms with E-state index in [1.165, 1.54) is 0 Å². The van der Waals surface area contributed by atoms with Crippen molar-refractivity contribution in [1.29, 1.82) is 0 Å². The maximum atomic E-state index is 13.6. The Labute approximate surface area is 218 Å². The van der Waals surface area contributed by atoms with Gasteiger partial charge < -0.3 is 10.2 Å². The van der Waals surface area contributed by atoms with Crippen LogP contribution in [0.1, 0.15) is 31.3 Å². The molecule has 1 unspecified atom stereocenters. The molecule has 0 saturated carbocycles. The minimum atomic E-state index is -0.547. The molecule has 1 heterocycles. The lowest BCUT2D eigenvalue weighted by Crippen LogP contribution is -2.39. The predicted octanol–water partition coefficient (Wildman–Crippen LogP) is 7.17. The monoisotopic (exact) mass is 528 g/mol. The molecule has 9 heteroatoms. The Morgan fingerprint density at radius 1 is 1.03 bits per heavy atom. The number of carbonyl (C=O) groups is 1. The zero-order valence-electron chi connectivity index (χ0n) is 19.1. The highest BCUT2D eigenvalue weighted by molar-refractivity contribution is 6.36. The molecule has 0 aliphatic rings. The van der Waals surface area contributed by atoms with E-state index in [0.717, 1.165) is 5.56 Å². The number of hydrogen-bond acceptors (Lipinski definition) is 3. The molecule has 3 aromatic carbocycles. The third kappa shape index (κ3) is 5.45. The smallest absolute Gasteiger partial charge is 0.310 e. The summed E-state index contributed by atoms with van der Waals surface area (Å²) in [6.45, 7) is 4.39. The van der Waals surface area contributed by atoms with Crippen LogP contribution in [-0.2, 0) is 13.1 Å². The Morgan fingerprint density at radius 2 is 1.71 bits per heavy atom. The van der Waals surface area contributed by atoms with Crippen LogP contribution in [0.5, 0.6) is 0 Å². The lowest BCUT2D eigenvalue weighted by Gasteiger charge is -2.31. The van der Waals surface area contributed by atoms with Crippen LogP contribution in [0.15, 0.2) is 71.5 Å². The van der Waals surface area contributed by atoms with Gasteiger partial charge in [0.2, 0.25) is 0 Å². The van der Waals surface area contributed by atoms with Gasteiger partial charge in [-0.1, -0.05) is 65.1 Å². The van der Waals surface area contributed by atoms with Crippen molar-refractivity contribution in [2.24, 2.45) is 0 Å². The van der Waals surface area contributed by atoms with Crippen LogP contribution in [0, 0.1) is 0 Å². The summed E-state index contributed by atoms with van der Waals surface area (Å²) in [5.74, 6) is 0.473. The molecule has 0 aliphatic heterocycles. The Kier molecular flexibility index (Phi) is 7.65. The molecule has 2 amide bonds. The third-order valence-electron chi connectivity index (χ3n) is 5.73. The van der Waals surface area contributed by atoms with Gasteiger partial charge in [-0.05, 0) is 55.8 Å². The van der Waals surface area contributed by atoms with Gasteiger partial charge in [0.05, 0.1) is 27.7 Å². The fourth-order valence-corrected chi connectivity index (χ4v) is 4.54. The molecule has 6 nitrogen and oxygen atoms in total. The number of anilines is 1. The van der Waals surface area contributed by atoms with Gasteiger partial charge in [0, 0.05) is 23.1 Å². The SMILES string of the molecule is CCn1c(C(C)N(Cc2ccccc2)C(=O)Nc2ccc(Cl)cc2Cl)nc2ccc(Cl)cc2c1=O. The van der Waals surface area contributed by atoms with Crippen molar-refractivity contribution in [3.63, 3.8) is 0 Å². The van der Waals surface area contributed by atoms with E-state index in [1.54, 1.807) is 45.9 Å². The zero-order valence-corrected chi connectivity index (χ0v) is 21.4. The average Bonchev–Trinajstić information content (AvgIpc) is 2.84. The first-order valence-electron chi connectivity index (χ1n) is 11.0. The van der Waals surface area contributed by atoms with Crippen LogP contribution in [0.2, 0.25) is 15.1 Å². The van der Waals surface area contributed by atoms with Crippen molar-refractivity contribution in [2.45, 2.75) is 33.0 Å². The van der Waals surface area contributed by atoms with Crippen molar-refractivity contribution < 1.29 is 4.79 Å². The molecule has 1 atom stereocenters. The third-order valence-corrected chi connectivity index (χ3v) is 6.52. The average molecular weight is 530 g/mol. The summed E-state index contributed by atoms with van der Waals surface area (Å²) >= 11 is 18.4. The molecular formula is C26H23Cl3N4O2. The first-order chi connectivity index (χ1) is 16.8. The van der Waals surface area contributed by atoms with E-state index < -0.39 is 12.1 Å². The molecule has 1 aromatic heterocycles. The number of halogens is 3. The molecule has 0 aliphatic carbocycles. The Balaban J connectivity index is 1.78. The quantitative estimate of drug-likeness (QED) is 0.288. The molecule has 0 spiro atoms. The van der Waals surface area contributed by atoms with Gasteiger partial charge in [0.25, 0.3) is 5.56 Å². The van der Waals surface area contributed by atoms with Gasteiger partial charge in [-0.25, -0.2) is 9.78 Å². The molecule has 0 fully saturated rings. The number of benzene rings is 3. The number of amides is 2. The van der Waals surface area contributed by atoms with E-state index >= 15 is 0 Å². The highest BCUT2D eigenvalue weighted by Crippen LogP contribution is 2.28. The normalized spacial score (nSPS) is 11.9. The van der Waals surface area contributed by atoms with Gasteiger partial charge in [-0.2, -0.15) is 0 Å². The first kappa shape index (κ1) is 25.0. The van der Waals surface area contributed by atoms with E-state index in [2.05, 4.69) is 5.32 Å². The van der Waals surface area contributed by atoms with Crippen LogP contribution in [-0.4, -0.2) is 20.5 Å². The lowest BCUT2D eigenvalue weighted by atomic mass is 10.1. The number of nitrogens with zero attached hydrogens (tertiary/aromatic N) is 3. The number of hydrogen-bond donors (Lipinski definition) is 1. The number of aromatic nitrogens is 2. The Morgan fingerprint density at radius 3 is 2.40 bits per heavy atom. The van der Waals surface area contributed by atoms with Crippen LogP contribution in [0.3, 0.4) is 0 Å². The molecule has 0 saturated heterocycles. The second-order valence-electron chi connectivity index (χ2n) is 8.02. The summed E-state index contributed by atoms with van der Waals surface area (Å²) in [7, 11) is 0. The van der Waals surface area contributed by atoms with E-state index in [1.807, 2.05) is 44.2 Å². The minimum Gasteiger partial charge on any atom is -0.310 e. The van der Waals surface area contributed by atoms with Crippen molar-refractivity contribution in [3.8, 4) is 0 Å². The lowest BCUT2D eigenvalue weighted by molar-refractivity contribution is 0.184. The van der Waals surface area contributed by atoms with Crippen molar-refractivity contribution in [3.05, 3.63) is 104 Å². The number of nitrogens with one attached hydrogen (secondary N) is 1. The topological polar surface area (TPSA) is 67.2 Å². The van der Waals surface area contributed by atoms with Crippen LogP contribution in [0.4, 0.5) is 10.5 Å². The standard InChI is InChI=1S/C26H23Cl3N4O2/c1-3-32-24(30-22-11-9-18(27)13-20(22)25(32)34)16(2)33(15-17-7-5-4-6-8-17)26(35)31-23-12-10-19(28)14-21(23)29/h4-14,16H,3,15H2,1-2H3,(H,31,35). The van der Waals surface area contributed by atoms with Crippen LogP contribution in [0.25, 0.3) is 10.9 Å². The number of fused-ring (bicyclic) bond motifs is 1. The van der Waals surface area contributed by atoms with E-state index in [0.29, 0.717) is 44.0 Å². The van der Waals surface area contributed by atoms with Crippen LogP contribution < -0.4 is 10.9 Å². The van der Waals surface area contributed by atoms with Crippen molar-refractivity contribution >= 4 is 57.4 Å². The molecule has 35 heavy (non-hydrogen) atoms. The van der Waals surface area contributed by atoms with Crippen molar-refractivity contribution in [2.75, 3.05) is 5.32 Å². The van der Waals surface area contributed by atoms with E-state index in [4.69, 9.17) is 39.8 Å². The fraction of sp³-hybridized carbons (Fsp3) is 0.192. The minimum absolute atomic E-state index is 0.206. The first-order valence-corrected chi connectivity index (χ1v) is 12.2. The summed E-state index contributed by atoms with van der Waals surface area (Å²) in [5.41, 5.74) is 1.67. The number of carbonyl (C=O) groups excluding carboxylic acids is 1. The second-order valence-corrected chi connectivity index (χ2v) is 9.30. The molecule has 180 valence electrons. The van der Waals surface area contributed by atoms with Gasteiger partial charge in [-0.3, -0.25) is 9.36 Å². The highest BCUT2D eigenvalue weighted by Gasteiger charge is 2.27. The molecule has 4 aromatic rings. The molecular weight excluding hydrogens is 507 g/mol. The summed E-state index contributed by atoms with van der Waals surface area (Å²) in [5, 5.41) is 4.56. The van der Waals surface area contributed by atoms with Crippen LogP contribution >= 0.6 is 34.8 Å². The van der Waals surface area contributed by atoms with E-state index in [9.17, 15) is 9.59 Å². The predicted molar refractivity (Wildman–Crippen MR) is 143 cm³/mol. The Hall–Kier alpha value is -3.06. The maximum absolute atomic E-state index is 13.6. The summed E-state index contributed by atoms with van der Waals surface area (Å²) in [6, 6.07) is 18.5. The summed E-state index contributed by atoms with van der Waals surface area (Å²) in [4.78, 5) is 33.2. The zero-order chi connectivity index (χ0) is 25.1. The maximum Gasteiger partial charge on any atom is 0.322 e. The summed E-state index contributed by atoms with van der Waals surface area (Å²) in [6.07, 6.45) is 0. The van der Waals surface area contributed by atoms with Gasteiger partial charge >= 0.3 is 6.03 Å². The Bertz CT molecular complexity index is 1440. The second kappa shape index (κ2) is 10.7. The van der Waals surface area contributed by atoms with Gasteiger partial charge in [0.1, 0.15) is 5.82 Å². The highest BCUT2D eigenvalue weighted by atomic mass is 35.5. The molecule has 4 rings (SSSR count). The summed E-state index contributed by atoms with van der Waals surface area (Å²) < 4.78 is 1.57. The largest absolute Gasteiger partial charge is 0.322 e. The van der Waals surface area contributed by atoms with Gasteiger partial charge in [-0.15, -0.1) is 0 Å². The molecule has 1 N–H and O–H groups in total. The van der Waals surface area contributed by atoms with Crippen molar-refractivity contribution in [1.82, 2.24) is 14.5 Å². The molecule has 0 bridgehead atoms.